The molecule has 2 N–H and O–H groups in total. The number of nitrogens with one attached hydrogen (secondary N) is 1. The van der Waals surface area contributed by atoms with Gasteiger partial charge in [0.2, 0.25) is 0 Å². The molecule has 92 valence electrons. The van der Waals surface area contributed by atoms with Crippen LogP contribution in [0.1, 0.15) is 32.8 Å². The topological polar surface area (TPSA) is 32.3 Å². The Labute approximate surface area is 103 Å². The number of aryl methyl sites for hydroxylation is 1. The van der Waals surface area contributed by atoms with Crippen LogP contribution in [0.15, 0.2) is 16.8 Å². The van der Waals surface area contributed by atoms with Gasteiger partial charge in [-0.15, -0.1) is 0 Å². The fraction of sp³-hybridized carbons (Fsp3) is 0.692. The van der Waals surface area contributed by atoms with E-state index in [9.17, 15) is 5.11 Å². The summed E-state index contributed by atoms with van der Waals surface area (Å²) in [5, 5.41) is 17.7. The van der Waals surface area contributed by atoms with Gasteiger partial charge in [0.15, 0.2) is 0 Å². The van der Waals surface area contributed by atoms with Crippen molar-refractivity contribution in [1.82, 2.24) is 5.32 Å². The summed E-state index contributed by atoms with van der Waals surface area (Å²) in [5.41, 5.74) is 0.728. The zero-order chi connectivity index (χ0) is 12.0. The van der Waals surface area contributed by atoms with Crippen molar-refractivity contribution in [3.05, 3.63) is 22.4 Å². The molecule has 0 fully saturated rings. The van der Waals surface area contributed by atoms with Gasteiger partial charge in [-0.25, -0.2) is 0 Å². The molecule has 3 heteroatoms. The molecule has 1 rings (SSSR count). The Morgan fingerprint density at radius 3 is 2.81 bits per heavy atom. The maximum absolute atomic E-state index is 10.2. The predicted octanol–water partition coefficient (Wildman–Crippen LogP) is 2.68. The molecule has 0 aromatic carbocycles. The van der Waals surface area contributed by atoms with E-state index in [0.29, 0.717) is 12.5 Å². The molecule has 16 heavy (non-hydrogen) atoms. The minimum atomic E-state index is -0.600. The van der Waals surface area contributed by atoms with Crippen molar-refractivity contribution >= 4 is 11.3 Å². The Morgan fingerprint density at radius 1 is 1.50 bits per heavy atom. The van der Waals surface area contributed by atoms with Gasteiger partial charge in [-0.05, 0) is 54.6 Å². The standard InChI is InChI=1S/C13H23NOS/c1-11(2)8-14-10-13(3,15)6-4-12-5-7-16-9-12/h5,7,9,11,14-15H,4,6,8,10H2,1-3H3. The van der Waals surface area contributed by atoms with Crippen LogP contribution in [-0.2, 0) is 6.42 Å². The molecule has 0 amide bonds. The van der Waals surface area contributed by atoms with Gasteiger partial charge in [-0.2, -0.15) is 11.3 Å². The average molecular weight is 241 g/mol. The monoisotopic (exact) mass is 241 g/mol. The molecule has 0 bridgehead atoms. The van der Waals surface area contributed by atoms with E-state index in [1.165, 1.54) is 5.56 Å². The SMILES string of the molecule is CC(C)CNCC(C)(O)CCc1ccsc1. The molecular weight excluding hydrogens is 218 g/mol. The molecule has 1 aromatic rings. The largest absolute Gasteiger partial charge is 0.389 e. The smallest absolute Gasteiger partial charge is 0.0746 e. The highest BCUT2D eigenvalue weighted by molar-refractivity contribution is 7.07. The lowest BCUT2D eigenvalue weighted by molar-refractivity contribution is 0.0506. The Balaban J connectivity index is 2.23. The molecule has 0 aliphatic rings. The van der Waals surface area contributed by atoms with Crippen LogP contribution in [0.25, 0.3) is 0 Å². The average Bonchev–Trinajstić information content (AvgIpc) is 2.66. The van der Waals surface area contributed by atoms with Gasteiger partial charge in [-0.3, -0.25) is 0 Å². The van der Waals surface area contributed by atoms with Crippen molar-refractivity contribution in [2.75, 3.05) is 13.1 Å². The highest BCUT2D eigenvalue weighted by Gasteiger charge is 2.19. The summed E-state index contributed by atoms with van der Waals surface area (Å²) in [6, 6.07) is 2.13. The van der Waals surface area contributed by atoms with Crippen LogP contribution >= 0.6 is 11.3 Å². The molecule has 0 saturated heterocycles. The third kappa shape index (κ3) is 5.64. The van der Waals surface area contributed by atoms with E-state index >= 15 is 0 Å². The summed E-state index contributed by atoms with van der Waals surface area (Å²) >= 11 is 1.71. The molecule has 0 saturated carbocycles. The predicted molar refractivity (Wildman–Crippen MR) is 71.0 cm³/mol. The molecular formula is C13H23NOS. The van der Waals surface area contributed by atoms with Gasteiger partial charge in [-0.1, -0.05) is 13.8 Å². The highest BCUT2D eigenvalue weighted by Crippen LogP contribution is 2.15. The number of aliphatic hydroxyl groups is 1. The second-order valence-corrected chi connectivity index (χ2v) is 5.93. The Bertz CT molecular complexity index is 280. The summed E-state index contributed by atoms with van der Waals surface area (Å²) in [7, 11) is 0. The van der Waals surface area contributed by atoms with E-state index < -0.39 is 5.60 Å². The zero-order valence-electron chi connectivity index (χ0n) is 10.5. The lowest BCUT2D eigenvalue weighted by Crippen LogP contribution is -2.39. The summed E-state index contributed by atoms with van der Waals surface area (Å²) in [5.74, 6) is 0.632. The Kier molecular flexibility index (Phi) is 5.46. The van der Waals surface area contributed by atoms with E-state index in [1.54, 1.807) is 11.3 Å². The third-order valence-electron chi connectivity index (χ3n) is 2.59. The van der Waals surface area contributed by atoms with Crippen molar-refractivity contribution in [2.45, 2.75) is 39.2 Å². The number of hydrogen-bond donors (Lipinski definition) is 2. The molecule has 2 nitrogen and oxygen atoms in total. The van der Waals surface area contributed by atoms with E-state index in [2.05, 4.69) is 36.0 Å². The summed E-state index contributed by atoms with van der Waals surface area (Å²) in [6.07, 6.45) is 1.77. The summed E-state index contributed by atoms with van der Waals surface area (Å²) < 4.78 is 0. The second kappa shape index (κ2) is 6.38. The van der Waals surface area contributed by atoms with Crippen molar-refractivity contribution in [3.63, 3.8) is 0 Å². The van der Waals surface area contributed by atoms with Crippen molar-refractivity contribution in [3.8, 4) is 0 Å². The van der Waals surface area contributed by atoms with Crippen molar-refractivity contribution in [2.24, 2.45) is 5.92 Å². The number of rotatable bonds is 7. The Morgan fingerprint density at radius 2 is 2.25 bits per heavy atom. The number of hydrogen-bond acceptors (Lipinski definition) is 3. The van der Waals surface area contributed by atoms with E-state index in [-0.39, 0.29) is 0 Å². The molecule has 0 spiro atoms. The summed E-state index contributed by atoms with van der Waals surface area (Å²) in [6.45, 7) is 7.90. The normalized spacial score (nSPS) is 15.3. The summed E-state index contributed by atoms with van der Waals surface area (Å²) in [4.78, 5) is 0. The maximum Gasteiger partial charge on any atom is 0.0746 e. The first-order valence-electron chi connectivity index (χ1n) is 5.94. The first-order chi connectivity index (χ1) is 7.49. The van der Waals surface area contributed by atoms with Crippen LogP contribution in [0.3, 0.4) is 0 Å². The van der Waals surface area contributed by atoms with Crippen molar-refractivity contribution < 1.29 is 5.11 Å². The van der Waals surface area contributed by atoms with Crippen LogP contribution in [0.2, 0.25) is 0 Å². The maximum atomic E-state index is 10.2. The van der Waals surface area contributed by atoms with Gasteiger partial charge in [0, 0.05) is 6.54 Å². The lowest BCUT2D eigenvalue weighted by Gasteiger charge is -2.24. The van der Waals surface area contributed by atoms with Gasteiger partial charge in [0.1, 0.15) is 0 Å². The molecule has 0 aliphatic heterocycles. The molecule has 1 atom stereocenters. The molecule has 0 radical (unpaired) electrons. The second-order valence-electron chi connectivity index (χ2n) is 5.15. The Hall–Kier alpha value is -0.380. The minimum Gasteiger partial charge on any atom is -0.389 e. The van der Waals surface area contributed by atoms with Crippen LogP contribution in [-0.4, -0.2) is 23.8 Å². The first kappa shape index (κ1) is 13.7. The van der Waals surface area contributed by atoms with E-state index in [1.807, 2.05) is 6.92 Å². The van der Waals surface area contributed by atoms with Gasteiger partial charge in [0.25, 0.3) is 0 Å². The zero-order valence-corrected chi connectivity index (χ0v) is 11.3. The molecule has 1 unspecified atom stereocenters. The first-order valence-corrected chi connectivity index (χ1v) is 6.88. The fourth-order valence-corrected chi connectivity index (χ4v) is 2.27. The van der Waals surface area contributed by atoms with Gasteiger partial charge in [0.05, 0.1) is 5.60 Å². The van der Waals surface area contributed by atoms with Crippen LogP contribution in [0, 0.1) is 5.92 Å². The lowest BCUT2D eigenvalue weighted by atomic mass is 9.98. The fourth-order valence-electron chi connectivity index (χ4n) is 1.57. The molecule has 1 heterocycles. The van der Waals surface area contributed by atoms with Crippen LogP contribution < -0.4 is 5.32 Å². The van der Waals surface area contributed by atoms with E-state index in [4.69, 9.17) is 0 Å². The molecule has 0 aliphatic carbocycles. The van der Waals surface area contributed by atoms with Crippen molar-refractivity contribution in [1.29, 1.82) is 0 Å². The van der Waals surface area contributed by atoms with Gasteiger partial charge >= 0.3 is 0 Å². The highest BCUT2D eigenvalue weighted by atomic mass is 32.1. The van der Waals surface area contributed by atoms with Crippen LogP contribution in [0.4, 0.5) is 0 Å². The minimum absolute atomic E-state index is 0.600. The molecule has 1 aromatic heterocycles. The quantitative estimate of drug-likeness (QED) is 0.769. The number of thiophene rings is 1. The third-order valence-corrected chi connectivity index (χ3v) is 3.32. The van der Waals surface area contributed by atoms with Gasteiger partial charge < -0.3 is 10.4 Å². The van der Waals surface area contributed by atoms with Crippen LogP contribution in [0.5, 0.6) is 0 Å². The van der Waals surface area contributed by atoms with E-state index in [0.717, 1.165) is 19.4 Å².